The average Bonchev–Trinajstić information content (AvgIpc) is 2.66. The summed E-state index contributed by atoms with van der Waals surface area (Å²) in [6.45, 7) is 2.00. The molecule has 1 aliphatic heterocycles. The van der Waals surface area contributed by atoms with Crippen molar-refractivity contribution in [1.82, 2.24) is 9.97 Å². The van der Waals surface area contributed by atoms with E-state index in [2.05, 4.69) is 14.9 Å². The van der Waals surface area contributed by atoms with Crippen LogP contribution in [0.4, 0.5) is 5.82 Å². The summed E-state index contributed by atoms with van der Waals surface area (Å²) in [6.07, 6.45) is 4.22. The third-order valence-corrected chi connectivity index (χ3v) is 2.64. The van der Waals surface area contributed by atoms with Gasteiger partial charge in [0.2, 0.25) is 0 Å². The summed E-state index contributed by atoms with van der Waals surface area (Å²) in [5.74, 6) is 1.16. The Morgan fingerprint density at radius 2 is 2.43 bits per heavy atom. The van der Waals surface area contributed by atoms with E-state index < -0.39 is 0 Å². The molecule has 14 heavy (non-hydrogen) atoms. The summed E-state index contributed by atoms with van der Waals surface area (Å²) in [6, 6.07) is 0. The summed E-state index contributed by atoms with van der Waals surface area (Å²) in [4.78, 5) is 10.2. The van der Waals surface area contributed by atoms with E-state index in [4.69, 9.17) is 16.7 Å². The van der Waals surface area contributed by atoms with Crippen LogP contribution in [0.1, 0.15) is 6.42 Å². The van der Waals surface area contributed by atoms with E-state index in [1.165, 1.54) is 6.20 Å². The molecule has 2 heterocycles. The first-order chi connectivity index (χ1) is 6.79. The first kappa shape index (κ1) is 9.68. The van der Waals surface area contributed by atoms with Crippen molar-refractivity contribution < 1.29 is 5.11 Å². The molecular weight excluding hydrogens is 202 g/mol. The van der Waals surface area contributed by atoms with Crippen molar-refractivity contribution >= 4 is 17.4 Å². The largest absolute Gasteiger partial charge is 0.396 e. The van der Waals surface area contributed by atoms with Crippen LogP contribution in [0.2, 0.25) is 5.15 Å². The highest BCUT2D eigenvalue weighted by atomic mass is 35.5. The number of hydrogen-bond donors (Lipinski definition) is 1. The Labute approximate surface area is 87.5 Å². The molecule has 0 radical (unpaired) electrons. The van der Waals surface area contributed by atoms with E-state index in [-0.39, 0.29) is 6.61 Å². The Balaban J connectivity index is 2.09. The minimum atomic E-state index is 0.241. The number of anilines is 1. The van der Waals surface area contributed by atoms with E-state index in [0.717, 1.165) is 25.3 Å². The van der Waals surface area contributed by atoms with Crippen LogP contribution < -0.4 is 4.90 Å². The third kappa shape index (κ3) is 1.96. The maximum atomic E-state index is 9.00. The van der Waals surface area contributed by atoms with Crippen molar-refractivity contribution in [3.63, 3.8) is 0 Å². The minimum Gasteiger partial charge on any atom is -0.396 e. The number of aliphatic hydroxyl groups is 1. The quantitative estimate of drug-likeness (QED) is 0.795. The Morgan fingerprint density at radius 3 is 3.07 bits per heavy atom. The van der Waals surface area contributed by atoms with Crippen LogP contribution in [0.25, 0.3) is 0 Å². The van der Waals surface area contributed by atoms with Gasteiger partial charge in [0.25, 0.3) is 0 Å². The van der Waals surface area contributed by atoms with Gasteiger partial charge in [0.1, 0.15) is 11.0 Å². The monoisotopic (exact) mass is 213 g/mol. The molecule has 0 amide bonds. The lowest BCUT2D eigenvalue weighted by molar-refractivity contribution is 0.238. The molecule has 4 nitrogen and oxygen atoms in total. The minimum absolute atomic E-state index is 0.241. The predicted molar refractivity (Wildman–Crippen MR) is 54.4 cm³/mol. The van der Waals surface area contributed by atoms with Gasteiger partial charge in [-0.15, -0.1) is 0 Å². The second-order valence-corrected chi connectivity index (χ2v) is 3.87. The molecule has 1 aromatic rings. The molecule has 1 aliphatic rings. The van der Waals surface area contributed by atoms with Gasteiger partial charge in [0.05, 0.1) is 12.4 Å². The van der Waals surface area contributed by atoms with Gasteiger partial charge in [0.15, 0.2) is 0 Å². The van der Waals surface area contributed by atoms with Crippen molar-refractivity contribution in [3.8, 4) is 0 Å². The van der Waals surface area contributed by atoms with Crippen LogP contribution in [-0.2, 0) is 0 Å². The van der Waals surface area contributed by atoms with E-state index in [0.29, 0.717) is 11.1 Å². The highest BCUT2D eigenvalue weighted by molar-refractivity contribution is 6.29. The molecule has 0 aromatic carbocycles. The molecule has 1 fully saturated rings. The van der Waals surface area contributed by atoms with Gasteiger partial charge in [-0.3, -0.25) is 4.98 Å². The van der Waals surface area contributed by atoms with E-state index in [9.17, 15) is 0 Å². The van der Waals surface area contributed by atoms with Gasteiger partial charge in [-0.1, -0.05) is 11.6 Å². The van der Waals surface area contributed by atoms with Crippen molar-refractivity contribution in [2.45, 2.75) is 6.42 Å². The number of rotatable bonds is 2. The topological polar surface area (TPSA) is 49.2 Å². The molecule has 1 unspecified atom stereocenters. The third-order valence-electron chi connectivity index (χ3n) is 2.46. The van der Waals surface area contributed by atoms with Crippen LogP contribution >= 0.6 is 11.6 Å². The standard InChI is InChI=1S/C9H12ClN3O/c10-8-3-11-4-9(12-8)13-2-1-7(5-13)6-14/h3-4,7,14H,1-2,5-6H2. The lowest BCUT2D eigenvalue weighted by Gasteiger charge is -2.16. The van der Waals surface area contributed by atoms with Gasteiger partial charge >= 0.3 is 0 Å². The Kier molecular flexibility index (Phi) is 2.84. The molecule has 76 valence electrons. The molecular formula is C9H12ClN3O. The zero-order valence-electron chi connectivity index (χ0n) is 7.73. The summed E-state index contributed by atoms with van der Waals surface area (Å²) in [5.41, 5.74) is 0. The maximum absolute atomic E-state index is 9.00. The molecule has 1 aromatic heterocycles. The smallest absolute Gasteiger partial charge is 0.149 e. The molecule has 5 heteroatoms. The normalized spacial score (nSPS) is 21.6. The summed E-state index contributed by atoms with van der Waals surface area (Å²) < 4.78 is 0. The van der Waals surface area contributed by atoms with Crippen LogP contribution in [0, 0.1) is 5.92 Å². The van der Waals surface area contributed by atoms with Crippen molar-refractivity contribution in [2.24, 2.45) is 5.92 Å². The Morgan fingerprint density at radius 1 is 1.57 bits per heavy atom. The molecule has 0 spiro atoms. The van der Waals surface area contributed by atoms with Crippen molar-refractivity contribution in [3.05, 3.63) is 17.5 Å². The van der Waals surface area contributed by atoms with Gasteiger partial charge in [-0.25, -0.2) is 4.98 Å². The first-order valence-corrected chi connectivity index (χ1v) is 5.00. The summed E-state index contributed by atoms with van der Waals surface area (Å²) >= 11 is 5.74. The second-order valence-electron chi connectivity index (χ2n) is 3.48. The van der Waals surface area contributed by atoms with Crippen molar-refractivity contribution in [2.75, 3.05) is 24.6 Å². The number of aromatic nitrogens is 2. The lowest BCUT2D eigenvalue weighted by Crippen LogP contribution is -2.21. The van der Waals surface area contributed by atoms with Crippen LogP contribution in [0.15, 0.2) is 12.4 Å². The fourth-order valence-electron chi connectivity index (χ4n) is 1.67. The predicted octanol–water partition coefficient (Wildman–Crippen LogP) is 0.949. The van der Waals surface area contributed by atoms with Gasteiger partial charge in [-0.05, 0) is 6.42 Å². The van der Waals surface area contributed by atoms with Crippen LogP contribution in [-0.4, -0.2) is 34.8 Å². The molecule has 0 bridgehead atoms. The van der Waals surface area contributed by atoms with E-state index >= 15 is 0 Å². The first-order valence-electron chi connectivity index (χ1n) is 4.63. The molecule has 2 rings (SSSR count). The van der Waals surface area contributed by atoms with Crippen molar-refractivity contribution in [1.29, 1.82) is 0 Å². The SMILES string of the molecule is OCC1CCN(c2cncc(Cl)n2)C1. The fraction of sp³-hybridized carbons (Fsp3) is 0.556. The number of hydrogen-bond acceptors (Lipinski definition) is 4. The highest BCUT2D eigenvalue weighted by Gasteiger charge is 2.22. The van der Waals surface area contributed by atoms with Gasteiger partial charge in [0, 0.05) is 25.6 Å². The Hall–Kier alpha value is -0.870. The maximum Gasteiger partial charge on any atom is 0.149 e. The van der Waals surface area contributed by atoms with E-state index in [1.807, 2.05) is 0 Å². The molecule has 1 atom stereocenters. The zero-order valence-corrected chi connectivity index (χ0v) is 8.48. The number of nitrogens with zero attached hydrogens (tertiary/aromatic N) is 3. The zero-order chi connectivity index (χ0) is 9.97. The number of halogens is 1. The van der Waals surface area contributed by atoms with Crippen LogP contribution in [0.3, 0.4) is 0 Å². The summed E-state index contributed by atoms with van der Waals surface area (Å²) in [7, 11) is 0. The van der Waals surface area contributed by atoms with Crippen LogP contribution in [0.5, 0.6) is 0 Å². The second kappa shape index (κ2) is 4.11. The fourth-order valence-corrected chi connectivity index (χ4v) is 1.82. The summed E-state index contributed by atoms with van der Waals surface area (Å²) in [5, 5.41) is 9.41. The molecule has 0 aliphatic carbocycles. The lowest BCUT2D eigenvalue weighted by atomic mass is 10.1. The van der Waals surface area contributed by atoms with Gasteiger partial charge < -0.3 is 10.0 Å². The van der Waals surface area contributed by atoms with E-state index in [1.54, 1.807) is 6.20 Å². The molecule has 0 saturated carbocycles. The Bertz CT molecular complexity index is 321. The number of aliphatic hydroxyl groups excluding tert-OH is 1. The molecule has 1 saturated heterocycles. The average molecular weight is 214 g/mol. The molecule has 1 N–H and O–H groups in total. The van der Waals surface area contributed by atoms with Gasteiger partial charge in [-0.2, -0.15) is 0 Å². The highest BCUT2D eigenvalue weighted by Crippen LogP contribution is 2.21.